The molecule has 0 bridgehead atoms. The molecule has 2 fully saturated rings. The normalized spacial score (nSPS) is 17.6. The molecule has 2 aromatic rings. The molecule has 2 heterocycles. The summed E-state index contributed by atoms with van der Waals surface area (Å²) in [6.45, 7) is 8.25. The number of amides is 2. The van der Waals surface area contributed by atoms with E-state index < -0.39 is 0 Å². The third-order valence-corrected chi connectivity index (χ3v) is 6.33. The highest BCUT2D eigenvalue weighted by Gasteiger charge is 2.30. The quantitative estimate of drug-likeness (QED) is 0.744. The van der Waals surface area contributed by atoms with Crippen LogP contribution < -0.4 is 5.32 Å². The fraction of sp³-hybridized carbons (Fsp3) is 0.583. The van der Waals surface area contributed by atoms with Crippen LogP contribution in [0.1, 0.15) is 92.3 Å². The van der Waals surface area contributed by atoms with E-state index in [1.54, 1.807) is 0 Å². The second-order valence-corrected chi connectivity index (χ2v) is 9.84. The standard InChI is InChI=1S/C24H33N5O2/c1-24(2,3)19-8-6-18(7-9-19)23(31)25-13-10-20(30)29-14-11-17(12-15-29)22-26-21(27-28-22)16-4-5-16/h6-9,16-17H,4-5,10-15H2,1-3H3,(H,25,31)(H,26,27,28). The van der Waals surface area contributed by atoms with Crippen molar-refractivity contribution < 1.29 is 9.59 Å². The number of carbonyl (C=O) groups excluding carboxylic acids is 2. The van der Waals surface area contributed by atoms with Crippen LogP contribution in [0.3, 0.4) is 0 Å². The van der Waals surface area contributed by atoms with Gasteiger partial charge in [-0.3, -0.25) is 14.7 Å². The SMILES string of the molecule is CC(C)(C)c1ccc(C(=O)NCCC(=O)N2CCC(c3nc(C4CC4)n[nH]3)CC2)cc1. The van der Waals surface area contributed by atoms with Crippen molar-refractivity contribution in [2.75, 3.05) is 19.6 Å². The lowest BCUT2D eigenvalue weighted by Crippen LogP contribution is -2.39. The molecule has 0 atom stereocenters. The fourth-order valence-electron chi connectivity index (χ4n) is 4.06. The van der Waals surface area contributed by atoms with E-state index in [4.69, 9.17) is 0 Å². The van der Waals surface area contributed by atoms with E-state index >= 15 is 0 Å². The molecule has 1 aliphatic heterocycles. The molecule has 0 spiro atoms. The van der Waals surface area contributed by atoms with Gasteiger partial charge in [0.15, 0.2) is 5.82 Å². The fourth-order valence-corrected chi connectivity index (χ4v) is 4.06. The Kier molecular flexibility index (Phi) is 6.12. The van der Waals surface area contributed by atoms with E-state index in [1.165, 1.54) is 18.4 Å². The maximum atomic E-state index is 12.6. The van der Waals surface area contributed by atoms with Crippen LogP contribution in [0.15, 0.2) is 24.3 Å². The molecule has 1 aromatic carbocycles. The van der Waals surface area contributed by atoms with Crippen LogP contribution in [0.5, 0.6) is 0 Å². The summed E-state index contributed by atoms with van der Waals surface area (Å²) >= 11 is 0. The van der Waals surface area contributed by atoms with Gasteiger partial charge in [0.05, 0.1) is 0 Å². The van der Waals surface area contributed by atoms with Gasteiger partial charge in [0.2, 0.25) is 5.91 Å². The minimum atomic E-state index is -0.135. The predicted octanol–water partition coefficient (Wildman–Crippen LogP) is 3.51. The van der Waals surface area contributed by atoms with E-state index in [9.17, 15) is 9.59 Å². The van der Waals surface area contributed by atoms with Crippen LogP contribution in [0.2, 0.25) is 0 Å². The van der Waals surface area contributed by atoms with Gasteiger partial charge in [0.1, 0.15) is 5.82 Å². The van der Waals surface area contributed by atoms with E-state index in [1.807, 2.05) is 29.2 Å². The number of likely N-dealkylation sites (tertiary alicyclic amines) is 1. The molecule has 166 valence electrons. The Balaban J connectivity index is 1.19. The van der Waals surface area contributed by atoms with Crippen LogP contribution in [0.4, 0.5) is 0 Å². The minimum absolute atomic E-state index is 0.0574. The van der Waals surface area contributed by atoms with Gasteiger partial charge in [-0.2, -0.15) is 5.10 Å². The molecule has 4 rings (SSSR count). The Morgan fingerprint density at radius 2 is 1.74 bits per heavy atom. The molecule has 1 aromatic heterocycles. The van der Waals surface area contributed by atoms with Crippen LogP contribution in [0, 0.1) is 0 Å². The molecule has 31 heavy (non-hydrogen) atoms. The summed E-state index contributed by atoms with van der Waals surface area (Å²) in [5.41, 5.74) is 1.87. The second kappa shape index (κ2) is 8.81. The number of benzene rings is 1. The molecular weight excluding hydrogens is 390 g/mol. The van der Waals surface area contributed by atoms with Gasteiger partial charge in [0.25, 0.3) is 5.91 Å². The summed E-state index contributed by atoms with van der Waals surface area (Å²) in [6.07, 6.45) is 4.52. The molecule has 2 amide bonds. The molecule has 1 aliphatic carbocycles. The number of H-pyrrole nitrogens is 1. The molecule has 2 aliphatic rings. The number of rotatable bonds is 6. The molecule has 7 nitrogen and oxygen atoms in total. The first-order chi connectivity index (χ1) is 14.8. The highest BCUT2D eigenvalue weighted by atomic mass is 16.2. The van der Waals surface area contributed by atoms with E-state index in [2.05, 4.69) is 41.3 Å². The number of hydrogen-bond acceptors (Lipinski definition) is 4. The molecule has 1 saturated carbocycles. The molecule has 0 radical (unpaired) electrons. The van der Waals surface area contributed by atoms with Crippen molar-refractivity contribution in [2.24, 2.45) is 0 Å². The second-order valence-electron chi connectivity index (χ2n) is 9.84. The topological polar surface area (TPSA) is 91.0 Å². The Morgan fingerprint density at radius 3 is 2.35 bits per heavy atom. The van der Waals surface area contributed by atoms with Gasteiger partial charge < -0.3 is 10.2 Å². The Bertz CT molecular complexity index is 916. The van der Waals surface area contributed by atoms with Gasteiger partial charge in [-0.25, -0.2) is 4.98 Å². The van der Waals surface area contributed by atoms with E-state index in [-0.39, 0.29) is 17.2 Å². The maximum absolute atomic E-state index is 12.6. The zero-order valence-corrected chi connectivity index (χ0v) is 18.8. The van der Waals surface area contributed by atoms with Crippen molar-refractivity contribution in [1.82, 2.24) is 25.4 Å². The van der Waals surface area contributed by atoms with Crippen LogP contribution >= 0.6 is 0 Å². The highest BCUT2D eigenvalue weighted by Crippen LogP contribution is 2.38. The number of nitrogens with zero attached hydrogens (tertiary/aromatic N) is 3. The average molecular weight is 424 g/mol. The molecule has 1 saturated heterocycles. The summed E-state index contributed by atoms with van der Waals surface area (Å²) < 4.78 is 0. The number of aromatic amines is 1. The third kappa shape index (κ3) is 5.32. The maximum Gasteiger partial charge on any atom is 0.251 e. The van der Waals surface area contributed by atoms with Crippen LogP contribution in [0.25, 0.3) is 0 Å². The smallest absolute Gasteiger partial charge is 0.251 e. The van der Waals surface area contributed by atoms with Gasteiger partial charge in [-0.05, 0) is 48.8 Å². The van der Waals surface area contributed by atoms with Crippen molar-refractivity contribution in [3.8, 4) is 0 Å². The van der Waals surface area contributed by atoms with Gasteiger partial charge >= 0.3 is 0 Å². The Hall–Kier alpha value is -2.70. The van der Waals surface area contributed by atoms with Crippen molar-refractivity contribution in [3.63, 3.8) is 0 Å². The van der Waals surface area contributed by atoms with Gasteiger partial charge in [0, 0.05) is 43.5 Å². The van der Waals surface area contributed by atoms with E-state index in [0.717, 1.165) is 37.6 Å². The minimum Gasteiger partial charge on any atom is -0.352 e. The summed E-state index contributed by atoms with van der Waals surface area (Å²) in [5.74, 6) is 2.79. The largest absolute Gasteiger partial charge is 0.352 e. The molecular formula is C24H33N5O2. The summed E-state index contributed by atoms with van der Waals surface area (Å²) in [7, 11) is 0. The first-order valence-corrected chi connectivity index (χ1v) is 11.4. The third-order valence-electron chi connectivity index (χ3n) is 6.33. The lowest BCUT2D eigenvalue weighted by Gasteiger charge is -2.31. The average Bonchev–Trinajstić information content (AvgIpc) is 3.50. The monoisotopic (exact) mass is 423 g/mol. The zero-order chi connectivity index (χ0) is 22.0. The molecule has 0 unspecified atom stereocenters. The number of aromatic nitrogens is 3. The van der Waals surface area contributed by atoms with Crippen molar-refractivity contribution in [1.29, 1.82) is 0 Å². The molecule has 2 N–H and O–H groups in total. The van der Waals surface area contributed by atoms with Gasteiger partial charge in [-0.1, -0.05) is 32.9 Å². The number of piperidine rings is 1. The summed E-state index contributed by atoms with van der Waals surface area (Å²) in [6, 6.07) is 7.68. The van der Waals surface area contributed by atoms with Gasteiger partial charge in [-0.15, -0.1) is 0 Å². The highest BCUT2D eigenvalue weighted by molar-refractivity contribution is 5.94. The van der Waals surface area contributed by atoms with Crippen molar-refractivity contribution in [3.05, 3.63) is 47.0 Å². The van der Waals surface area contributed by atoms with Crippen molar-refractivity contribution in [2.45, 2.75) is 70.1 Å². The number of nitrogens with one attached hydrogen (secondary N) is 2. The van der Waals surface area contributed by atoms with Crippen LogP contribution in [-0.4, -0.2) is 51.5 Å². The van der Waals surface area contributed by atoms with E-state index in [0.29, 0.717) is 30.4 Å². The first kappa shape index (κ1) is 21.5. The Morgan fingerprint density at radius 1 is 1.06 bits per heavy atom. The predicted molar refractivity (Wildman–Crippen MR) is 119 cm³/mol. The summed E-state index contributed by atoms with van der Waals surface area (Å²) in [4.78, 5) is 31.5. The number of hydrogen-bond donors (Lipinski definition) is 2. The molecule has 7 heteroatoms. The lowest BCUT2D eigenvalue weighted by molar-refractivity contribution is -0.132. The number of carbonyl (C=O) groups is 2. The Labute approximate surface area is 184 Å². The lowest BCUT2D eigenvalue weighted by atomic mass is 9.87. The van der Waals surface area contributed by atoms with Crippen molar-refractivity contribution >= 4 is 11.8 Å². The van der Waals surface area contributed by atoms with Crippen LogP contribution in [-0.2, 0) is 10.2 Å². The first-order valence-electron chi connectivity index (χ1n) is 11.4. The summed E-state index contributed by atoms with van der Waals surface area (Å²) in [5, 5.41) is 10.3. The zero-order valence-electron chi connectivity index (χ0n) is 18.8.